The molecule has 0 bridgehead atoms. The molecule has 1 amide bonds. The molecule has 3 rings (SSSR count). The predicted molar refractivity (Wildman–Crippen MR) is 108 cm³/mol. The van der Waals surface area contributed by atoms with E-state index < -0.39 is 6.04 Å². The van der Waals surface area contributed by atoms with E-state index in [4.69, 9.17) is 0 Å². The number of amides is 1. The number of rotatable bonds is 4. The number of aryl methyl sites for hydroxylation is 2. The zero-order valence-corrected chi connectivity index (χ0v) is 16.0. The highest BCUT2D eigenvalue weighted by molar-refractivity contribution is 5.94. The van der Waals surface area contributed by atoms with E-state index in [0.717, 1.165) is 27.9 Å². The molecular weight excluding hydrogens is 338 g/mol. The first kappa shape index (κ1) is 18.6. The van der Waals surface area contributed by atoms with Crippen molar-refractivity contribution in [3.05, 3.63) is 81.6 Å². The molecule has 3 aromatic rings. The summed E-state index contributed by atoms with van der Waals surface area (Å²) < 4.78 is 1.23. The molecule has 0 aliphatic carbocycles. The number of aromatic nitrogens is 2. The van der Waals surface area contributed by atoms with Gasteiger partial charge in [0.2, 0.25) is 5.91 Å². The molecule has 5 heteroatoms. The summed E-state index contributed by atoms with van der Waals surface area (Å²) in [5.41, 5.74) is 5.23. The maximum absolute atomic E-state index is 12.7. The fraction of sp³-hybridized carbons (Fsp3) is 0.227. The summed E-state index contributed by atoms with van der Waals surface area (Å²) in [4.78, 5) is 25.0. The Labute approximate surface area is 158 Å². The molecule has 0 spiro atoms. The van der Waals surface area contributed by atoms with Crippen LogP contribution in [0.4, 0.5) is 5.69 Å². The maximum atomic E-state index is 12.7. The van der Waals surface area contributed by atoms with E-state index >= 15 is 0 Å². The molecule has 5 nitrogen and oxygen atoms in total. The van der Waals surface area contributed by atoms with Gasteiger partial charge in [0.25, 0.3) is 5.56 Å². The lowest BCUT2D eigenvalue weighted by Gasteiger charge is -2.16. The molecule has 27 heavy (non-hydrogen) atoms. The van der Waals surface area contributed by atoms with Gasteiger partial charge in [0, 0.05) is 17.3 Å². The van der Waals surface area contributed by atoms with Crippen molar-refractivity contribution in [2.45, 2.75) is 33.7 Å². The third-order valence-electron chi connectivity index (χ3n) is 4.78. The van der Waals surface area contributed by atoms with Crippen molar-refractivity contribution >= 4 is 11.6 Å². The third-order valence-corrected chi connectivity index (χ3v) is 4.78. The van der Waals surface area contributed by atoms with Gasteiger partial charge >= 0.3 is 0 Å². The zero-order chi connectivity index (χ0) is 19.6. The average Bonchev–Trinajstić information content (AvgIpc) is 2.66. The Morgan fingerprint density at radius 2 is 1.70 bits per heavy atom. The molecule has 0 aliphatic rings. The van der Waals surface area contributed by atoms with Crippen LogP contribution >= 0.6 is 0 Å². The summed E-state index contributed by atoms with van der Waals surface area (Å²) in [6.45, 7) is 7.63. The second-order valence-corrected chi connectivity index (χ2v) is 6.78. The monoisotopic (exact) mass is 361 g/mol. The van der Waals surface area contributed by atoms with Gasteiger partial charge in [-0.15, -0.1) is 0 Å². The quantitative estimate of drug-likeness (QED) is 0.763. The minimum atomic E-state index is -0.734. The van der Waals surface area contributed by atoms with E-state index in [9.17, 15) is 9.59 Å². The number of carbonyl (C=O) groups is 1. The molecule has 138 valence electrons. The number of anilines is 1. The molecule has 1 heterocycles. The molecule has 0 unspecified atom stereocenters. The van der Waals surface area contributed by atoms with Crippen molar-refractivity contribution in [3.8, 4) is 11.3 Å². The van der Waals surface area contributed by atoms with Crippen molar-refractivity contribution in [2.24, 2.45) is 0 Å². The summed E-state index contributed by atoms with van der Waals surface area (Å²) in [6, 6.07) is 16.0. The van der Waals surface area contributed by atoms with Gasteiger partial charge in [-0.05, 0) is 51.0 Å². The van der Waals surface area contributed by atoms with Gasteiger partial charge in [-0.2, -0.15) is 5.10 Å². The Bertz CT molecular complexity index is 1040. The summed E-state index contributed by atoms with van der Waals surface area (Å²) in [5.74, 6) is -0.278. The van der Waals surface area contributed by atoms with E-state index in [2.05, 4.69) is 10.4 Å². The Kier molecular flexibility index (Phi) is 5.21. The van der Waals surface area contributed by atoms with Crippen LogP contribution in [0.1, 0.15) is 29.7 Å². The van der Waals surface area contributed by atoms with Crippen LogP contribution in [0, 0.1) is 20.8 Å². The average molecular weight is 361 g/mol. The molecule has 0 saturated carbocycles. The minimum Gasteiger partial charge on any atom is -0.324 e. The summed E-state index contributed by atoms with van der Waals surface area (Å²) in [7, 11) is 0. The van der Waals surface area contributed by atoms with Crippen LogP contribution in [0.3, 0.4) is 0 Å². The fourth-order valence-corrected chi connectivity index (χ4v) is 2.82. The van der Waals surface area contributed by atoms with Crippen LogP contribution in [0.2, 0.25) is 0 Å². The highest BCUT2D eigenvalue weighted by atomic mass is 16.2. The van der Waals surface area contributed by atoms with Crippen LogP contribution in [-0.4, -0.2) is 15.7 Å². The van der Waals surface area contributed by atoms with Gasteiger partial charge in [-0.3, -0.25) is 9.59 Å². The number of hydrogen-bond acceptors (Lipinski definition) is 3. The van der Waals surface area contributed by atoms with Crippen molar-refractivity contribution in [1.82, 2.24) is 9.78 Å². The Hall–Kier alpha value is -3.21. The Balaban J connectivity index is 1.89. The first-order valence-electron chi connectivity index (χ1n) is 8.91. The van der Waals surface area contributed by atoms with E-state index in [1.54, 1.807) is 13.0 Å². The summed E-state index contributed by atoms with van der Waals surface area (Å²) in [5, 5.41) is 7.32. The lowest BCUT2D eigenvalue weighted by molar-refractivity contribution is -0.119. The van der Waals surface area contributed by atoms with Gasteiger partial charge in [0.1, 0.15) is 6.04 Å². The number of nitrogens with one attached hydrogen (secondary N) is 1. The predicted octanol–water partition coefficient (Wildman–Crippen LogP) is 4.04. The molecule has 1 aromatic heterocycles. The lowest BCUT2D eigenvalue weighted by Crippen LogP contribution is -2.33. The van der Waals surface area contributed by atoms with Crippen LogP contribution in [-0.2, 0) is 4.79 Å². The maximum Gasteiger partial charge on any atom is 0.267 e. The zero-order valence-electron chi connectivity index (χ0n) is 16.0. The Morgan fingerprint density at radius 1 is 1.00 bits per heavy atom. The minimum absolute atomic E-state index is 0.278. The number of hydrogen-bond donors (Lipinski definition) is 1. The van der Waals surface area contributed by atoms with Crippen LogP contribution in [0.25, 0.3) is 11.3 Å². The van der Waals surface area contributed by atoms with Gasteiger partial charge in [0.15, 0.2) is 0 Å². The fourth-order valence-electron chi connectivity index (χ4n) is 2.82. The Morgan fingerprint density at radius 3 is 2.41 bits per heavy atom. The van der Waals surface area contributed by atoms with E-state index in [-0.39, 0.29) is 11.5 Å². The molecule has 2 aromatic carbocycles. The molecule has 0 saturated heterocycles. The topological polar surface area (TPSA) is 64.0 Å². The molecule has 0 aliphatic heterocycles. The van der Waals surface area contributed by atoms with Crippen molar-refractivity contribution in [3.63, 3.8) is 0 Å². The standard InChI is InChI=1S/C22H23N3O2/c1-14-8-10-18(11-9-14)20-12-13-21(26)25(24-20)17(4)22(27)23-19-7-5-6-15(2)16(19)3/h5-13,17H,1-4H3,(H,23,27)/t17-/m1/s1. The van der Waals surface area contributed by atoms with Crippen molar-refractivity contribution in [2.75, 3.05) is 5.32 Å². The second kappa shape index (κ2) is 7.58. The van der Waals surface area contributed by atoms with Crippen molar-refractivity contribution in [1.29, 1.82) is 0 Å². The molecule has 0 radical (unpaired) electrons. The van der Waals surface area contributed by atoms with Gasteiger partial charge in [-0.1, -0.05) is 42.0 Å². The smallest absolute Gasteiger partial charge is 0.267 e. The first-order valence-corrected chi connectivity index (χ1v) is 8.91. The van der Waals surface area contributed by atoms with Gasteiger partial charge in [0.05, 0.1) is 5.69 Å². The lowest BCUT2D eigenvalue weighted by atomic mass is 10.1. The van der Waals surface area contributed by atoms with Crippen LogP contribution in [0.15, 0.2) is 59.4 Å². The normalized spacial score (nSPS) is 11.9. The van der Waals surface area contributed by atoms with Crippen molar-refractivity contribution < 1.29 is 4.79 Å². The van der Waals surface area contributed by atoms with Crippen LogP contribution in [0.5, 0.6) is 0 Å². The van der Waals surface area contributed by atoms with E-state index in [1.165, 1.54) is 10.7 Å². The van der Waals surface area contributed by atoms with E-state index in [0.29, 0.717) is 5.69 Å². The summed E-state index contributed by atoms with van der Waals surface area (Å²) >= 11 is 0. The second-order valence-electron chi connectivity index (χ2n) is 6.78. The SMILES string of the molecule is Cc1ccc(-c2ccc(=O)n([C@H](C)C(=O)Nc3cccc(C)c3C)n2)cc1. The van der Waals surface area contributed by atoms with Crippen LogP contribution < -0.4 is 10.9 Å². The highest BCUT2D eigenvalue weighted by Crippen LogP contribution is 2.20. The van der Waals surface area contributed by atoms with Gasteiger partial charge < -0.3 is 5.32 Å². The molecule has 1 N–H and O–H groups in total. The first-order chi connectivity index (χ1) is 12.9. The number of benzene rings is 2. The summed E-state index contributed by atoms with van der Waals surface area (Å²) in [6.07, 6.45) is 0. The highest BCUT2D eigenvalue weighted by Gasteiger charge is 2.19. The molecule has 0 fully saturated rings. The van der Waals surface area contributed by atoms with Gasteiger partial charge in [-0.25, -0.2) is 4.68 Å². The van der Waals surface area contributed by atoms with E-state index in [1.807, 2.05) is 63.2 Å². The number of nitrogens with zero attached hydrogens (tertiary/aromatic N) is 2. The molecule has 1 atom stereocenters. The largest absolute Gasteiger partial charge is 0.324 e. The molecular formula is C22H23N3O2. The third kappa shape index (κ3) is 3.97. The number of carbonyl (C=O) groups excluding carboxylic acids is 1.